The first kappa shape index (κ1) is 16.7. The van der Waals surface area contributed by atoms with Crippen molar-refractivity contribution in [1.82, 2.24) is 10.6 Å². The average Bonchev–Trinajstić information content (AvgIpc) is 2.21. The topological polar surface area (TPSA) is 61.4 Å². The molecule has 17 heavy (non-hydrogen) atoms. The van der Waals surface area contributed by atoms with Gasteiger partial charge in [-0.3, -0.25) is 4.79 Å². The second kappa shape index (κ2) is 9.74. The Kier molecular flexibility index (Phi) is 9.59. The van der Waals surface area contributed by atoms with Crippen molar-refractivity contribution in [2.24, 2.45) is 0 Å². The van der Waals surface area contributed by atoms with Gasteiger partial charge in [0.25, 0.3) is 0 Å². The average molecular weight is 262 g/mol. The van der Waals surface area contributed by atoms with Gasteiger partial charge in [0.2, 0.25) is 5.91 Å². The number of carbonyl (C=O) groups excluding carboxylic acids is 1. The quantitative estimate of drug-likeness (QED) is 0.543. The summed E-state index contributed by atoms with van der Waals surface area (Å²) in [5.41, 5.74) is 0.0699. The molecule has 0 aliphatic heterocycles. The standard InChI is InChI=1S/C12H26N2O2S/c1-12(2,3)14-6-5-11(16)13-7-10-17-9-4-8-15/h14-15H,4-10H2,1-3H3,(H,13,16). The minimum Gasteiger partial charge on any atom is -0.396 e. The monoisotopic (exact) mass is 262 g/mol. The number of nitrogens with one attached hydrogen (secondary N) is 2. The molecule has 3 N–H and O–H groups in total. The van der Waals surface area contributed by atoms with Gasteiger partial charge in [0.05, 0.1) is 0 Å². The third-order valence-electron chi connectivity index (χ3n) is 2.02. The van der Waals surface area contributed by atoms with Crippen LogP contribution in [-0.4, -0.2) is 47.8 Å². The molecule has 1 amide bonds. The minimum atomic E-state index is 0.0699. The fraction of sp³-hybridized carbons (Fsp3) is 0.917. The Bertz CT molecular complexity index is 205. The van der Waals surface area contributed by atoms with Crippen molar-refractivity contribution < 1.29 is 9.90 Å². The Morgan fingerprint density at radius 2 is 1.94 bits per heavy atom. The maximum absolute atomic E-state index is 11.4. The van der Waals surface area contributed by atoms with Gasteiger partial charge in [0.15, 0.2) is 0 Å². The van der Waals surface area contributed by atoms with E-state index in [1.165, 1.54) is 0 Å². The number of hydrogen-bond donors (Lipinski definition) is 3. The summed E-state index contributed by atoms with van der Waals surface area (Å²) in [6.07, 6.45) is 1.35. The second-order valence-electron chi connectivity index (χ2n) is 4.97. The van der Waals surface area contributed by atoms with Crippen molar-refractivity contribution in [3.63, 3.8) is 0 Å². The molecule has 0 heterocycles. The molecule has 0 unspecified atom stereocenters. The van der Waals surface area contributed by atoms with Gasteiger partial charge in [-0.05, 0) is 32.9 Å². The molecule has 0 radical (unpaired) electrons. The Hall–Kier alpha value is -0.260. The lowest BCUT2D eigenvalue weighted by Crippen LogP contribution is -2.38. The van der Waals surface area contributed by atoms with Gasteiger partial charge in [0, 0.05) is 37.4 Å². The maximum atomic E-state index is 11.4. The van der Waals surface area contributed by atoms with E-state index in [1.54, 1.807) is 11.8 Å². The molecule has 0 fully saturated rings. The molecule has 0 aliphatic rings. The van der Waals surface area contributed by atoms with Crippen molar-refractivity contribution in [2.75, 3.05) is 31.2 Å². The van der Waals surface area contributed by atoms with Gasteiger partial charge < -0.3 is 15.7 Å². The lowest BCUT2D eigenvalue weighted by Gasteiger charge is -2.20. The van der Waals surface area contributed by atoms with Crippen LogP contribution in [0.2, 0.25) is 0 Å². The van der Waals surface area contributed by atoms with E-state index in [4.69, 9.17) is 5.11 Å². The molecular weight excluding hydrogens is 236 g/mol. The van der Waals surface area contributed by atoms with Gasteiger partial charge in [-0.15, -0.1) is 0 Å². The van der Waals surface area contributed by atoms with E-state index in [9.17, 15) is 4.79 Å². The van der Waals surface area contributed by atoms with Gasteiger partial charge in [0.1, 0.15) is 0 Å². The Morgan fingerprint density at radius 1 is 1.24 bits per heavy atom. The molecule has 0 bridgehead atoms. The van der Waals surface area contributed by atoms with Crippen LogP contribution in [0.4, 0.5) is 0 Å². The maximum Gasteiger partial charge on any atom is 0.221 e. The lowest BCUT2D eigenvalue weighted by molar-refractivity contribution is -0.120. The van der Waals surface area contributed by atoms with Crippen molar-refractivity contribution in [1.29, 1.82) is 0 Å². The SMILES string of the molecule is CC(C)(C)NCCC(=O)NCCSCCCO. The van der Waals surface area contributed by atoms with Crippen molar-refractivity contribution >= 4 is 17.7 Å². The summed E-state index contributed by atoms with van der Waals surface area (Å²) in [7, 11) is 0. The molecule has 5 heteroatoms. The first-order valence-electron chi connectivity index (χ1n) is 6.16. The van der Waals surface area contributed by atoms with Crippen molar-refractivity contribution in [3.05, 3.63) is 0 Å². The summed E-state index contributed by atoms with van der Waals surface area (Å²) in [5, 5.41) is 14.7. The van der Waals surface area contributed by atoms with Gasteiger partial charge in [-0.1, -0.05) is 0 Å². The van der Waals surface area contributed by atoms with Gasteiger partial charge in [-0.25, -0.2) is 0 Å². The molecule has 4 nitrogen and oxygen atoms in total. The fourth-order valence-electron chi connectivity index (χ4n) is 1.17. The summed E-state index contributed by atoms with van der Waals surface area (Å²) in [4.78, 5) is 11.4. The van der Waals surface area contributed by atoms with E-state index in [-0.39, 0.29) is 18.1 Å². The second-order valence-corrected chi connectivity index (χ2v) is 6.19. The predicted molar refractivity (Wildman–Crippen MR) is 74.4 cm³/mol. The molecular formula is C12H26N2O2S. The molecule has 102 valence electrons. The number of aliphatic hydroxyl groups excluding tert-OH is 1. The molecule has 0 spiro atoms. The van der Waals surface area contributed by atoms with Gasteiger partial charge >= 0.3 is 0 Å². The summed E-state index contributed by atoms with van der Waals surface area (Å²) in [6, 6.07) is 0. The number of aliphatic hydroxyl groups is 1. The molecule has 0 aromatic heterocycles. The molecule has 0 atom stereocenters. The summed E-state index contributed by atoms with van der Waals surface area (Å²) in [6.45, 7) is 7.93. The third kappa shape index (κ3) is 13.7. The highest BCUT2D eigenvalue weighted by molar-refractivity contribution is 7.99. The summed E-state index contributed by atoms with van der Waals surface area (Å²) < 4.78 is 0. The van der Waals surface area contributed by atoms with Crippen LogP contribution in [0.3, 0.4) is 0 Å². The molecule has 0 rings (SSSR count). The number of amides is 1. The number of hydrogen-bond acceptors (Lipinski definition) is 4. The molecule has 0 aliphatic carbocycles. The largest absolute Gasteiger partial charge is 0.396 e. The van der Waals surface area contributed by atoms with Crippen LogP contribution in [0.5, 0.6) is 0 Å². The van der Waals surface area contributed by atoms with Crippen molar-refractivity contribution in [2.45, 2.75) is 39.2 Å². The van der Waals surface area contributed by atoms with Crippen LogP contribution < -0.4 is 10.6 Å². The first-order valence-corrected chi connectivity index (χ1v) is 7.31. The molecule has 0 saturated heterocycles. The van der Waals surface area contributed by atoms with Crippen molar-refractivity contribution in [3.8, 4) is 0 Å². The molecule has 0 aromatic carbocycles. The van der Waals surface area contributed by atoms with Crippen LogP contribution in [0.25, 0.3) is 0 Å². The van der Waals surface area contributed by atoms with Crippen LogP contribution in [0.15, 0.2) is 0 Å². The van der Waals surface area contributed by atoms with E-state index in [0.29, 0.717) is 19.5 Å². The zero-order valence-electron chi connectivity index (χ0n) is 11.2. The molecule has 0 saturated carbocycles. The number of thioether (sulfide) groups is 1. The zero-order valence-corrected chi connectivity index (χ0v) is 12.0. The summed E-state index contributed by atoms with van der Waals surface area (Å²) in [5.74, 6) is 1.97. The van der Waals surface area contributed by atoms with Crippen LogP contribution in [0.1, 0.15) is 33.6 Å². The third-order valence-corrected chi connectivity index (χ3v) is 3.09. The Morgan fingerprint density at radius 3 is 2.53 bits per heavy atom. The molecule has 0 aromatic rings. The first-order chi connectivity index (χ1) is 7.95. The highest BCUT2D eigenvalue weighted by atomic mass is 32.2. The van der Waals surface area contributed by atoms with Gasteiger partial charge in [-0.2, -0.15) is 11.8 Å². The van der Waals surface area contributed by atoms with E-state index in [2.05, 4.69) is 31.4 Å². The predicted octanol–water partition coefficient (Wildman–Crippen LogP) is 0.996. The van der Waals surface area contributed by atoms with E-state index in [1.807, 2.05) is 0 Å². The number of carbonyl (C=O) groups is 1. The van der Waals surface area contributed by atoms with E-state index >= 15 is 0 Å². The van der Waals surface area contributed by atoms with E-state index < -0.39 is 0 Å². The smallest absolute Gasteiger partial charge is 0.221 e. The number of rotatable bonds is 9. The van der Waals surface area contributed by atoms with Crippen LogP contribution in [0, 0.1) is 0 Å². The fourth-order valence-corrected chi connectivity index (χ4v) is 1.95. The summed E-state index contributed by atoms with van der Waals surface area (Å²) >= 11 is 1.76. The minimum absolute atomic E-state index is 0.0699. The highest BCUT2D eigenvalue weighted by Crippen LogP contribution is 2.00. The Labute approximate surface area is 109 Å². The Balaban J connectivity index is 3.29. The van der Waals surface area contributed by atoms with E-state index in [0.717, 1.165) is 17.9 Å². The van der Waals surface area contributed by atoms with Crippen LogP contribution >= 0.6 is 11.8 Å². The highest BCUT2D eigenvalue weighted by Gasteiger charge is 2.09. The van der Waals surface area contributed by atoms with Crippen LogP contribution in [-0.2, 0) is 4.79 Å². The normalized spacial score (nSPS) is 11.5. The lowest BCUT2D eigenvalue weighted by atomic mass is 10.1. The zero-order chi connectivity index (χ0) is 13.1.